The Hall–Kier alpha value is -0.870. The summed E-state index contributed by atoms with van der Waals surface area (Å²) in [5, 5.41) is 10.1. The van der Waals surface area contributed by atoms with E-state index in [0.717, 1.165) is 5.56 Å². The van der Waals surface area contributed by atoms with Crippen molar-refractivity contribution in [1.82, 2.24) is 10.6 Å². The molecule has 0 atom stereocenters. The molecule has 0 spiro atoms. The fourth-order valence-corrected chi connectivity index (χ4v) is 1.67. The van der Waals surface area contributed by atoms with Crippen molar-refractivity contribution in [3.8, 4) is 0 Å². The number of thiophene rings is 1. The van der Waals surface area contributed by atoms with E-state index in [4.69, 9.17) is 0 Å². The molecule has 4 heteroatoms. The highest BCUT2D eigenvalue weighted by Gasteiger charge is 2.10. The smallest absolute Gasteiger partial charge is 0.234 e. The van der Waals surface area contributed by atoms with Crippen molar-refractivity contribution < 1.29 is 4.79 Å². The third-order valence-electron chi connectivity index (χ3n) is 1.85. The Kier molecular flexibility index (Phi) is 4.29. The second-order valence-electron chi connectivity index (χ2n) is 4.51. The van der Waals surface area contributed by atoms with Crippen molar-refractivity contribution in [2.24, 2.45) is 0 Å². The average Bonchev–Trinajstić information content (AvgIpc) is 2.62. The van der Waals surface area contributed by atoms with Gasteiger partial charge in [-0.25, -0.2) is 0 Å². The lowest BCUT2D eigenvalue weighted by molar-refractivity contribution is -0.120. The first-order chi connectivity index (χ1) is 6.97. The van der Waals surface area contributed by atoms with Gasteiger partial charge in [-0.15, -0.1) is 0 Å². The maximum absolute atomic E-state index is 11.4. The third kappa shape index (κ3) is 5.54. The van der Waals surface area contributed by atoms with Crippen molar-refractivity contribution in [1.29, 1.82) is 0 Å². The fraction of sp³-hybridized carbons (Fsp3) is 0.545. The van der Waals surface area contributed by atoms with Crippen LogP contribution in [0.3, 0.4) is 0 Å². The lowest BCUT2D eigenvalue weighted by atomic mass is 10.1. The van der Waals surface area contributed by atoms with Gasteiger partial charge in [-0.05, 0) is 43.2 Å². The van der Waals surface area contributed by atoms with Gasteiger partial charge in [0, 0.05) is 12.1 Å². The molecule has 1 heterocycles. The second-order valence-corrected chi connectivity index (χ2v) is 5.29. The van der Waals surface area contributed by atoms with Crippen molar-refractivity contribution in [2.75, 3.05) is 6.54 Å². The molecule has 3 nitrogen and oxygen atoms in total. The molecule has 1 aromatic heterocycles. The van der Waals surface area contributed by atoms with Gasteiger partial charge in [0.25, 0.3) is 0 Å². The van der Waals surface area contributed by atoms with Gasteiger partial charge in [-0.2, -0.15) is 11.3 Å². The zero-order chi connectivity index (χ0) is 11.3. The predicted molar refractivity (Wildman–Crippen MR) is 63.9 cm³/mol. The normalized spacial score (nSPS) is 11.4. The molecule has 0 aliphatic rings. The SMILES string of the molecule is CC(C)(C)NCC(=O)NCc1ccsc1. The van der Waals surface area contributed by atoms with Crippen molar-refractivity contribution >= 4 is 17.2 Å². The summed E-state index contributed by atoms with van der Waals surface area (Å²) in [5.74, 6) is 0.0381. The summed E-state index contributed by atoms with van der Waals surface area (Å²) in [6.07, 6.45) is 0. The summed E-state index contributed by atoms with van der Waals surface area (Å²) in [6.45, 7) is 7.11. The molecule has 2 N–H and O–H groups in total. The molecule has 1 amide bonds. The van der Waals surface area contributed by atoms with Crippen LogP contribution < -0.4 is 10.6 Å². The summed E-state index contributed by atoms with van der Waals surface area (Å²) >= 11 is 1.64. The Morgan fingerprint density at radius 1 is 1.47 bits per heavy atom. The standard InChI is InChI=1S/C11H18N2OS/c1-11(2,3)13-7-10(14)12-6-9-4-5-15-8-9/h4-5,8,13H,6-7H2,1-3H3,(H,12,14). The number of nitrogens with one attached hydrogen (secondary N) is 2. The minimum absolute atomic E-state index is 0.0142. The van der Waals surface area contributed by atoms with Crippen LogP contribution in [-0.2, 0) is 11.3 Å². The van der Waals surface area contributed by atoms with Gasteiger partial charge < -0.3 is 10.6 Å². The van der Waals surface area contributed by atoms with E-state index in [0.29, 0.717) is 13.1 Å². The van der Waals surface area contributed by atoms with Gasteiger partial charge in [0.05, 0.1) is 6.54 Å². The van der Waals surface area contributed by atoms with Crippen LogP contribution in [-0.4, -0.2) is 18.0 Å². The van der Waals surface area contributed by atoms with E-state index in [9.17, 15) is 4.79 Å². The molecule has 0 fully saturated rings. The minimum atomic E-state index is -0.0142. The largest absolute Gasteiger partial charge is 0.351 e. The Morgan fingerprint density at radius 3 is 2.73 bits per heavy atom. The highest BCUT2D eigenvalue weighted by Crippen LogP contribution is 2.04. The van der Waals surface area contributed by atoms with Crippen LogP contribution in [0.1, 0.15) is 26.3 Å². The summed E-state index contributed by atoms with van der Waals surface area (Å²) in [6, 6.07) is 2.02. The molecular weight excluding hydrogens is 208 g/mol. The quantitative estimate of drug-likeness (QED) is 0.821. The van der Waals surface area contributed by atoms with Crippen LogP contribution in [0, 0.1) is 0 Å². The number of carbonyl (C=O) groups is 1. The van der Waals surface area contributed by atoms with Crippen LogP contribution >= 0.6 is 11.3 Å². The van der Waals surface area contributed by atoms with E-state index in [1.807, 2.05) is 37.6 Å². The molecule has 0 aliphatic heterocycles. The first kappa shape index (κ1) is 12.2. The fourth-order valence-electron chi connectivity index (χ4n) is 1.00. The molecule has 15 heavy (non-hydrogen) atoms. The molecule has 0 aliphatic carbocycles. The summed E-state index contributed by atoms with van der Waals surface area (Å²) < 4.78 is 0. The van der Waals surface area contributed by atoms with Crippen LogP contribution in [0.2, 0.25) is 0 Å². The molecular formula is C11H18N2OS. The minimum Gasteiger partial charge on any atom is -0.351 e. The Labute approximate surface area is 94.9 Å². The van der Waals surface area contributed by atoms with Gasteiger partial charge in [-0.1, -0.05) is 0 Å². The van der Waals surface area contributed by atoms with Gasteiger partial charge >= 0.3 is 0 Å². The number of rotatable bonds is 4. The van der Waals surface area contributed by atoms with E-state index >= 15 is 0 Å². The number of hydrogen-bond acceptors (Lipinski definition) is 3. The summed E-state index contributed by atoms with van der Waals surface area (Å²) in [4.78, 5) is 11.4. The average molecular weight is 226 g/mol. The highest BCUT2D eigenvalue weighted by molar-refractivity contribution is 7.07. The summed E-state index contributed by atoms with van der Waals surface area (Å²) in [7, 11) is 0. The second kappa shape index (κ2) is 5.28. The van der Waals surface area contributed by atoms with E-state index in [1.165, 1.54) is 0 Å². The molecule has 0 bridgehead atoms. The van der Waals surface area contributed by atoms with E-state index < -0.39 is 0 Å². The van der Waals surface area contributed by atoms with Crippen LogP contribution in [0.25, 0.3) is 0 Å². The van der Waals surface area contributed by atoms with E-state index in [-0.39, 0.29) is 11.4 Å². The maximum atomic E-state index is 11.4. The maximum Gasteiger partial charge on any atom is 0.234 e. The Morgan fingerprint density at radius 2 is 2.20 bits per heavy atom. The first-order valence-electron chi connectivity index (χ1n) is 5.00. The topological polar surface area (TPSA) is 41.1 Å². The third-order valence-corrected chi connectivity index (χ3v) is 2.58. The highest BCUT2D eigenvalue weighted by atomic mass is 32.1. The van der Waals surface area contributed by atoms with Gasteiger partial charge in [0.1, 0.15) is 0 Å². The Bertz CT molecular complexity index is 301. The van der Waals surface area contributed by atoms with Gasteiger partial charge in [-0.3, -0.25) is 4.79 Å². The first-order valence-corrected chi connectivity index (χ1v) is 5.94. The van der Waals surface area contributed by atoms with Gasteiger partial charge in [0.2, 0.25) is 5.91 Å². The van der Waals surface area contributed by atoms with Gasteiger partial charge in [0.15, 0.2) is 0 Å². The van der Waals surface area contributed by atoms with Crippen LogP contribution in [0.15, 0.2) is 16.8 Å². The van der Waals surface area contributed by atoms with Crippen LogP contribution in [0.4, 0.5) is 0 Å². The van der Waals surface area contributed by atoms with E-state index in [1.54, 1.807) is 11.3 Å². The van der Waals surface area contributed by atoms with E-state index in [2.05, 4.69) is 10.6 Å². The summed E-state index contributed by atoms with van der Waals surface area (Å²) in [5.41, 5.74) is 1.14. The lowest BCUT2D eigenvalue weighted by Crippen LogP contribution is -2.43. The molecule has 0 saturated heterocycles. The number of carbonyl (C=O) groups excluding carboxylic acids is 1. The molecule has 0 unspecified atom stereocenters. The van der Waals surface area contributed by atoms with Crippen molar-refractivity contribution in [3.63, 3.8) is 0 Å². The molecule has 0 saturated carbocycles. The predicted octanol–water partition coefficient (Wildman–Crippen LogP) is 1.75. The zero-order valence-corrected chi connectivity index (χ0v) is 10.3. The van der Waals surface area contributed by atoms with Crippen molar-refractivity contribution in [3.05, 3.63) is 22.4 Å². The zero-order valence-electron chi connectivity index (χ0n) is 9.46. The molecule has 1 rings (SSSR count). The molecule has 1 aromatic rings. The van der Waals surface area contributed by atoms with Crippen molar-refractivity contribution in [2.45, 2.75) is 32.9 Å². The number of hydrogen-bond donors (Lipinski definition) is 2. The monoisotopic (exact) mass is 226 g/mol. The molecule has 84 valence electrons. The molecule has 0 radical (unpaired) electrons. The number of amides is 1. The Balaban J connectivity index is 2.20. The van der Waals surface area contributed by atoms with Crippen LogP contribution in [0.5, 0.6) is 0 Å². The molecule has 0 aromatic carbocycles. The lowest BCUT2D eigenvalue weighted by Gasteiger charge is -2.19.